The predicted molar refractivity (Wildman–Crippen MR) is 48.8 cm³/mol. The lowest BCUT2D eigenvalue weighted by molar-refractivity contribution is 0.0385. The van der Waals surface area contributed by atoms with E-state index in [0.717, 1.165) is 0 Å². The minimum Gasteiger partial charge on any atom is -0.396 e. The van der Waals surface area contributed by atoms with Gasteiger partial charge in [-0.15, -0.1) is 0 Å². The van der Waals surface area contributed by atoms with Crippen molar-refractivity contribution in [3.05, 3.63) is 0 Å². The summed E-state index contributed by atoms with van der Waals surface area (Å²) in [5.41, 5.74) is 4.68. The summed E-state index contributed by atoms with van der Waals surface area (Å²) in [4.78, 5) is 0. The van der Waals surface area contributed by atoms with Crippen LogP contribution in [-0.4, -0.2) is 41.6 Å². The van der Waals surface area contributed by atoms with Gasteiger partial charge in [0.2, 0.25) is 0 Å². The second kappa shape index (κ2) is 5.48. The zero-order valence-electron chi connectivity index (χ0n) is 7.88. The molecule has 5 N–H and O–H groups in total. The van der Waals surface area contributed by atoms with Gasteiger partial charge in [0, 0.05) is 19.2 Å². The van der Waals surface area contributed by atoms with E-state index in [1.54, 1.807) is 13.8 Å². The van der Waals surface area contributed by atoms with Crippen molar-refractivity contribution in [1.29, 1.82) is 0 Å². The maximum absolute atomic E-state index is 9.64. The molecule has 2 atom stereocenters. The van der Waals surface area contributed by atoms with E-state index in [1.807, 2.05) is 0 Å². The molecule has 0 aromatic heterocycles. The zero-order chi connectivity index (χ0) is 9.61. The molecule has 4 heteroatoms. The normalized spacial score (nSPS) is 18.8. The highest BCUT2D eigenvalue weighted by atomic mass is 16.3. The summed E-state index contributed by atoms with van der Waals surface area (Å²) in [6, 6.07) is -0.251. The van der Waals surface area contributed by atoms with E-state index in [-0.39, 0.29) is 12.6 Å². The summed E-state index contributed by atoms with van der Waals surface area (Å²) >= 11 is 0. The molecule has 0 aliphatic heterocycles. The van der Waals surface area contributed by atoms with Gasteiger partial charge < -0.3 is 21.3 Å². The summed E-state index contributed by atoms with van der Waals surface area (Å²) in [7, 11) is 0. The van der Waals surface area contributed by atoms with Gasteiger partial charge in [0.05, 0.1) is 5.60 Å². The largest absolute Gasteiger partial charge is 0.396 e. The standard InChI is InChI=1S/C8H20N2O2/c1-7(9)8(2,12)6-10-4-3-5-11/h7,10-12H,3-6,9H2,1-2H3/t7-,8?/m1/s1. The fourth-order valence-corrected chi connectivity index (χ4v) is 0.707. The average molecular weight is 176 g/mol. The third-order valence-electron chi connectivity index (χ3n) is 1.98. The van der Waals surface area contributed by atoms with Crippen molar-refractivity contribution >= 4 is 0 Å². The molecule has 12 heavy (non-hydrogen) atoms. The molecule has 0 saturated heterocycles. The summed E-state index contributed by atoms with van der Waals surface area (Å²) < 4.78 is 0. The molecule has 0 aromatic carbocycles. The van der Waals surface area contributed by atoms with Crippen LogP contribution < -0.4 is 11.1 Å². The van der Waals surface area contributed by atoms with Gasteiger partial charge in [-0.2, -0.15) is 0 Å². The van der Waals surface area contributed by atoms with Crippen molar-refractivity contribution in [1.82, 2.24) is 5.32 Å². The number of aliphatic hydroxyl groups excluding tert-OH is 1. The summed E-state index contributed by atoms with van der Waals surface area (Å²) in [6.45, 7) is 4.81. The van der Waals surface area contributed by atoms with Crippen molar-refractivity contribution in [2.75, 3.05) is 19.7 Å². The van der Waals surface area contributed by atoms with Gasteiger partial charge in [-0.1, -0.05) is 0 Å². The topological polar surface area (TPSA) is 78.5 Å². The fourth-order valence-electron chi connectivity index (χ4n) is 0.707. The molecular weight excluding hydrogens is 156 g/mol. The first-order valence-electron chi connectivity index (χ1n) is 4.30. The maximum atomic E-state index is 9.64. The monoisotopic (exact) mass is 176 g/mol. The lowest BCUT2D eigenvalue weighted by Gasteiger charge is -2.27. The summed E-state index contributed by atoms with van der Waals surface area (Å²) in [6.07, 6.45) is 0.703. The minimum absolute atomic E-state index is 0.174. The fraction of sp³-hybridized carbons (Fsp3) is 1.00. The van der Waals surface area contributed by atoms with Crippen molar-refractivity contribution < 1.29 is 10.2 Å². The number of rotatable bonds is 6. The quantitative estimate of drug-likeness (QED) is 0.394. The minimum atomic E-state index is -0.866. The molecule has 0 amide bonds. The molecule has 1 unspecified atom stereocenters. The number of hydrogen-bond donors (Lipinski definition) is 4. The summed E-state index contributed by atoms with van der Waals surface area (Å²) in [5.74, 6) is 0. The van der Waals surface area contributed by atoms with E-state index in [4.69, 9.17) is 10.8 Å². The van der Waals surface area contributed by atoms with Crippen molar-refractivity contribution in [3.8, 4) is 0 Å². The van der Waals surface area contributed by atoms with E-state index in [9.17, 15) is 5.11 Å². The Morgan fingerprint density at radius 1 is 1.58 bits per heavy atom. The molecule has 0 saturated carbocycles. The van der Waals surface area contributed by atoms with E-state index in [0.29, 0.717) is 19.5 Å². The maximum Gasteiger partial charge on any atom is 0.0890 e. The van der Waals surface area contributed by atoms with Crippen LogP contribution in [0.2, 0.25) is 0 Å². The first-order chi connectivity index (χ1) is 5.50. The first kappa shape index (κ1) is 11.8. The number of aliphatic hydroxyl groups is 2. The number of nitrogens with one attached hydrogen (secondary N) is 1. The SMILES string of the molecule is C[C@@H](N)C(C)(O)CNCCCO. The van der Waals surface area contributed by atoms with Crippen molar-refractivity contribution in [2.24, 2.45) is 5.73 Å². The second-order valence-corrected chi connectivity index (χ2v) is 3.40. The van der Waals surface area contributed by atoms with Gasteiger partial charge in [-0.25, -0.2) is 0 Å². The Balaban J connectivity index is 3.47. The Kier molecular flexibility index (Phi) is 5.41. The van der Waals surface area contributed by atoms with Gasteiger partial charge in [0.15, 0.2) is 0 Å². The molecule has 0 rings (SSSR count). The molecule has 0 aliphatic carbocycles. The van der Waals surface area contributed by atoms with Crippen LogP contribution >= 0.6 is 0 Å². The third kappa shape index (κ3) is 4.66. The van der Waals surface area contributed by atoms with Crippen LogP contribution in [0.4, 0.5) is 0 Å². The molecule has 4 nitrogen and oxygen atoms in total. The van der Waals surface area contributed by atoms with E-state index < -0.39 is 5.60 Å². The van der Waals surface area contributed by atoms with Gasteiger partial charge >= 0.3 is 0 Å². The van der Waals surface area contributed by atoms with Gasteiger partial charge in [-0.3, -0.25) is 0 Å². The molecule has 0 radical (unpaired) electrons. The van der Waals surface area contributed by atoms with Crippen molar-refractivity contribution in [3.63, 3.8) is 0 Å². The van der Waals surface area contributed by atoms with E-state index in [2.05, 4.69) is 5.32 Å². The molecule has 0 bridgehead atoms. The highest BCUT2D eigenvalue weighted by molar-refractivity contribution is 4.83. The van der Waals surface area contributed by atoms with Crippen LogP contribution in [0.5, 0.6) is 0 Å². The van der Waals surface area contributed by atoms with Gasteiger partial charge in [0.1, 0.15) is 0 Å². The lowest BCUT2D eigenvalue weighted by Crippen LogP contribution is -2.50. The zero-order valence-corrected chi connectivity index (χ0v) is 7.88. The number of hydrogen-bond acceptors (Lipinski definition) is 4. The van der Waals surface area contributed by atoms with Gasteiger partial charge in [-0.05, 0) is 26.8 Å². The Bertz CT molecular complexity index is 116. The molecular formula is C8H20N2O2. The van der Waals surface area contributed by atoms with Crippen molar-refractivity contribution in [2.45, 2.75) is 31.9 Å². The highest BCUT2D eigenvalue weighted by Crippen LogP contribution is 2.04. The third-order valence-corrected chi connectivity index (χ3v) is 1.98. The Labute approximate surface area is 73.8 Å². The highest BCUT2D eigenvalue weighted by Gasteiger charge is 2.24. The van der Waals surface area contributed by atoms with E-state index in [1.165, 1.54) is 0 Å². The molecule has 74 valence electrons. The Hall–Kier alpha value is -0.160. The number of nitrogens with two attached hydrogens (primary N) is 1. The summed E-state index contributed by atoms with van der Waals surface area (Å²) in [5, 5.41) is 21.1. The van der Waals surface area contributed by atoms with Crippen LogP contribution in [0, 0.1) is 0 Å². The molecule has 0 aromatic rings. The van der Waals surface area contributed by atoms with Crippen LogP contribution in [0.25, 0.3) is 0 Å². The molecule has 0 aliphatic rings. The smallest absolute Gasteiger partial charge is 0.0890 e. The predicted octanol–water partition coefficient (Wildman–Crippen LogP) is -0.943. The Morgan fingerprint density at radius 2 is 2.17 bits per heavy atom. The van der Waals surface area contributed by atoms with Crippen LogP contribution in [0.3, 0.4) is 0 Å². The van der Waals surface area contributed by atoms with Gasteiger partial charge in [0.25, 0.3) is 0 Å². The average Bonchev–Trinajstić information content (AvgIpc) is 1.98. The molecule has 0 fully saturated rings. The Morgan fingerprint density at radius 3 is 2.58 bits per heavy atom. The molecule has 0 spiro atoms. The lowest BCUT2D eigenvalue weighted by atomic mass is 9.99. The molecule has 0 heterocycles. The first-order valence-corrected chi connectivity index (χ1v) is 4.30. The van der Waals surface area contributed by atoms with E-state index >= 15 is 0 Å². The van der Waals surface area contributed by atoms with Crippen LogP contribution in [-0.2, 0) is 0 Å². The van der Waals surface area contributed by atoms with Crippen LogP contribution in [0.15, 0.2) is 0 Å². The second-order valence-electron chi connectivity index (χ2n) is 3.40. The van der Waals surface area contributed by atoms with Crippen LogP contribution in [0.1, 0.15) is 20.3 Å².